The average Bonchev–Trinajstić information content (AvgIpc) is 2.14. The first-order valence-corrected chi connectivity index (χ1v) is 4.39. The molecule has 0 saturated carbocycles. The zero-order valence-electron chi connectivity index (χ0n) is 8.12. The molecule has 0 heterocycles. The molecule has 0 aliphatic rings. The summed E-state index contributed by atoms with van der Waals surface area (Å²) in [6.07, 6.45) is -7.22. The molecule has 0 aliphatic heterocycles. The number of hydrogen-bond donors (Lipinski definition) is 2. The molecule has 0 bridgehead atoms. The van der Waals surface area contributed by atoms with Crippen LogP contribution in [-0.2, 0) is 0 Å². The fourth-order valence-electron chi connectivity index (χ4n) is 1.26. The van der Waals surface area contributed by atoms with Gasteiger partial charge < -0.3 is 10.8 Å². The van der Waals surface area contributed by atoms with E-state index in [1.54, 1.807) is 19.1 Å². The van der Waals surface area contributed by atoms with E-state index in [0.29, 0.717) is 0 Å². The van der Waals surface area contributed by atoms with Crippen LogP contribution in [0.15, 0.2) is 24.3 Å². The van der Waals surface area contributed by atoms with Crippen molar-refractivity contribution in [1.29, 1.82) is 0 Å². The van der Waals surface area contributed by atoms with Gasteiger partial charge in [-0.1, -0.05) is 29.8 Å². The zero-order valence-corrected chi connectivity index (χ0v) is 8.12. The number of alkyl halides is 3. The van der Waals surface area contributed by atoms with Gasteiger partial charge in [-0.15, -0.1) is 0 Å². The van der Waals surface area contributed by atoms with Crippen LogP contribution in [0.4, 0.5) is 13.2 Å². The Morgan fingerprint density at radius 2 is 1.93 bits per heavy atom. The Morgan fingerprint density at radius 1 is 1.33 bits per heavy atom. The summed E-state index contributed by atoms with van der Waals surface area (Å²) in [5, 5.41) is 8.95. The van der Waals surface area contributed by atoms with Gasteiger partial charge in [0.05, 0.1) is 6.04 Å². The van der Waals surface area contributed by atoms with E-state index < -0.39 is 18.3 Å². The Labute approximate surface area is 85.5 Å². The minimum Gasteiger partial charge on any atom is -0.382 e. The molecular formula is C10H12F3NO. The smallest absolute Gasteiger partial charge is 0.382 e. The van der Waals surface area contributed by atoms with Gasteiger partial charge in [-0.05, 0) is 12.5 Å². The fourth-order valence-corrected chi connectivity index (χ4v) is 1.26. The van der Waals surface area contributed by atoms with Gasteiger partial charge in [-0.2, -0.15) is 13.2 Å². The molecule has 0 aromatic heterocycles. The van der Waals surface area contributed by atoms with Gasteiger partial charge >= 0.3 is 6.18 Å². The van der Waals surface area contributed by atoms with Crippen LogP contribution in [0.3, 0.4) is 0 Å². The van der Waals surface area contributed by atoms with E-state index in [9.17, 15) is 13.2 Å². The van der Waals surface area contributed by atoms with Crippen LogP contribution >= 0.6 is 0 Å². The van der Waals surface area contributed by atoms with E-state index in [4.69, 9.17) is 10.8 Å². The number of rotatable bonds is 2. The SMILES string of the molecule is Cc1cccc([C@H](N)[C@H](O)C(F)(F)F)c1. The number of halogens is 3. The Balaban J connectivity index is 2.90. The molecule has 1 aromatic rings. The van der Waals surface area contributed by atoms with Crippen molar-refractivity contribution in [3.8, 4) is 0 Å². The van der Waals surface area contributed by atoms with Crippen molar-refractivity contribution in [1.82, 2.24) is 0 Å². The standard InChI is InChI=1S/C10H12F3NO/c1-6-3-2-4-7(5-6)8(14)9(15)10(11,12)13/h2-5,8-9,15H,14H2,1H3/t8-,9-/m0/s1. The van der Waals surface area contributed by atoms with Crippen LogP contribution in [-0.4, -0.2) is 17.4 Å². The fraction of sp³-hybridized carbons (Fsp3) is 0.400. The van der Waals surface area contributed by atoms with Gasteiger partial charge in [-0.25, -0.2) is 0 Å². The lowest BCUT2D eigenvalue weighted by Gasteiger charge is -2.21. The highest BCUT2D eigenvalue weighted by Gasteiger charge is 2.42. The highest BCUT2D eigenvalue weighted by atomic mass is 19.4. The number of aliphatic hydroxyl groups is 1. The van der Waals surface area contributed by atoms with E-state index in [1.165, 1.54) is 12.1 Å². The second-order valence-electron chi connectivity index (χ2n) is 3.43. The summed E-state index contributed by atoms with van der Waals surface area (Å²) in [5.41, 5.74) is 6.40. The third kappa shape index (κ3) is 2.94. The first kappa shape index (κ1) is 12.0. The number of hydrogen-bond acceptors (Lipinski definition) is 2. The molecule has 0 fully saturated rings. The van der Waals surface area contributed by atoms with Gasteiger partial charge in [0, 0.05) is 0 Å². The molecule has 1 aromatic carbocycles. The summed E-state index contributed by atoms with van der Waals surface area (Å²) in [7, 11) is 0. The summed E-state index contributed by atoms with van der Waals surface area (Å²) >= 11 is 0. The molecule has 0 saturated heterocycles. The highest BCUT2D eigenvalue weighted by molar-refractivity contribution is 5.25. The van der Waals surface area contributed by atoms with Gasteiger partial charge in [-0.3, -0.25) is 0 Å². The van der Waals surface area contributed by atoms with Gasteiger partial charge in [0.1, 0.15) is 0 Å². The molecule has 0 unspecified atom stereocenters. The topological polar surface area (TPSA) is 46.2 Å². The number of benzene rings is 1. The second kappa shape index (κ2) is 4.20. The molecule has 2 nitrogen and oxygen atoms in total. The molecule has 0 aliphatic carbocycles. The van der Waals surface area contributed by atoms with Crippen LogP contribution in [0.2, 0.25) is 0 Å². The van der Waals surface area contributed by atoms with E-state index in [0.717, 1.165) is 5.56 Å². The maximum atomic E-state index is 12.2. The van der Waals surface area contributed by atoms with Gasteiger partial charge in [0.2, 0.25) is 0 Å². The quantitative estimate of drug-likeness (QED) is 0.798. The average molecular weight is 219 g/mol. The summed E-state index contributed by atoms with van der Waals surface area (Å²) in [4.78, 5) is 0. The predicted octanol–water partition coefficient (Wildman–Crippen LogP) is 1.92. The normalized spacial score (nSPS) is 16.1. The van der Waals surface area contributed by atoms with Crippen LogP contribution in [0, 0.1) is 6.92 Å². The van der Waals surface area contributed by atoms with Crippen molar-refractivity contribution in [2.24, 2.45) is 5.73 Å². The molecule has 0 spiro atoms. The lowest BCUT2D eigenvalue weighted by molar-refractivity contribution is -0.210. The first-order valence-electron chi connectivity index (χ1n) is 4.39. The molecule has 0 amide bonds. The summed E-state index contributed by atoms with van der Waals surface area (Å²) in [6, 6.07) is 4.90. The Bertz CT molecular complexity index is 338. The lowest BCUT2D eigenvalue weighted by Crippen LogP contribution is -2.38. The number of aliphatic hydroxyl groups excluding tert-OH is 1. The van der Waals surface area contributed by atoms with E-state index >= 15 is 0 Å². The summed E-state index contributed by atoms with van der Waals surface area (Å²) in [6.45, 7) is 1.75. The zero-order chi connectivity index (χ0) is 11.6. The molecule has 1 rings (SSSR count). The summed E-state index contributed by atoms with van der Waals surface area (Å²) in [5.74, 6) is 0. The third-order valence-corrected chi connectivity index (χ3v) is 2.10. The van der Waals surface area contributed by atoms with Crippen LogP contribution in [0.5, 0.6) is 0 Å². The Kier molecular flexibility index (Phi) is 3.36. The summed E-state index contributed by atoms with van der Waals surface area (Å²) < 4.78 is 36.5. The largest absolute Gasteiger partial charge is 0.416 e. The molecule has 3 N–H and O–H groups in total. The minimum absolute atomic E-state index is 0.278. The lowest BCUT2D eigenvalue weighted by atomic mass is 10.0. The van der Waals surface area contributed by atoms with Crippen molar-refractivity contribution >= 4 is 0 Å². The Hall–Kier alpha value is -1.07. The molecule has 2 atom stereocenters. The Morgan fingerprint density at radius 3 is 2.40 bits per heavy atom. The van der Waals surface area contributed by atoms with Gasteiger partial charge in [0.25, 0.3) is 0 Å². The van der Waals surface area contributed by atoms with E-state index in [1.807, 2.05) is 0 Å². The molecule has 0 radical (unpaired) electrons. The molecule has 15 heavy (non-hydrogen) atoms. The van der Waals surface area contributed by atoms with Crippen LogP contribution in [0.1, 0.15) is 17.2 Å². The number of nitrogens with two attached hydrogens (primary N) is 1. The minimum atomic E-state index is -4.69. The van der Waals surface area contributed by atoms with Crippen LogP contribution < -0.4 is 5.73 Å². The first-order chi connectivity index (χ1) is 6.82. The van der Waals surface area contributed by atoms with E-state index in [-0.39, 0.29) is 5.56 Å². The van der Waals surface area contributed by atoms with Crippen molar-refractivity contribution in [2.45, 2.75) is 25.2 Å². The predicted molar refractivity (Wildman–Crippen MR) is 50.2 cm³/mol. The monoisotopic (exact) mass is 219 g/mol. The van der Waals surface area contributed by atoms with Gasteiger partial charge in [0.15, 0.2) is 6.10 Å². The molecule has 84 valence electrons. The van der Waals surface area contributed by atoms with Crippen molar-refractivity contribution in [2.75, 3.05) is 0 Å². The maximum Gasteiger partial charge on any atom is 0.416 e. The van der Waals surface area contributed by atoms with Crippen molar-refractivity contribution in [3.63, 3.8) is 0 Å². The maximum absolute atomic E-state index is 12.2. The number of aryl methyl sites for hydroxylation is 1. The second-order valence-corrected chi connectivity index (χ2v) is 3.43. The van der Waals surface area contributed by atoms with Crippen molar-refractivity contribution < 1.29 is 18.3 Å². The molecule has 5 heteroatoms. The van der Waals surface area contributed by atoms with Crippen molar-refractivity contribution in [3.05, 3.63) is 35.4 Å². The third-order valence-electron chi connectivity index (χ3n) is 2.10. The van der Waals surface area contributed by atoms with E-state index in [2.05, 4.69) is 0 Å². The molecular weight excluding hydrogens is 207 g/mol. The highest BCUT2D eigenvalue weighted by Crippen LogP contribution is 2.28. The van der Waals surface area contributed by atoms with Crippen LogP contribution in [0.25, 0.3) is 0 Å².